The maximum atomic E-state index is 5.02. The van der Waals surface area contributed by atoms with Crippen molar-refractivity contribution >= 4 is 54.4 Å². The van der Waals surface area contributed by atoms with Crippen molar-refractivity contribution in [2.45, 2.75) is 0 Å². The highest BCUT2D eigenvalue weighted by molar-refractivity contribution is 6.32. The molecule has 0 aliphatic rings. The minimum absolute atomic E-state index is 0.628. The summed E-state index contributed by atoms with van der Waals surface area (Å²) in [6.45, 7) is 0. The molecule has 0 saturated heterocycles. The summed E-state index contributed by atoms with van der Waals surface area (Å²) >= 11 is 0. The number of rotatable bonds is 6. The maximum absolute atomic E-state index is 5.02. The van der Waals surface area contributed by atoms with Gasteiger partial charge in [0.05, 0.1) is 22.1 Å². The average Bonchev–Trinajstić information content (AvgIpc) is 3.69. The molecule has 6 heteroatoms. The first-order valence-corrected chi connectivity index (χ1v) is 20.4. The molecule has 6 nitrogen and oxygen atoms in total. The van der Waals surface area contributed by atoms with Crippen LogP contribution in [0, 0.1) is 0 Å². The van der Waals surface area contributed by atoms with Gasteiger partial charge < -0.3 is 4.57 Å². The minimum Gasteiger partial charge on any atom is -0.309 e. The molecule has 9 aromatic carbocycles. The molecular weight excluding hydrogens is 745 g/mol. The minimum atomic E-state index is 0.628. The average molecular weight is 779 g/mol. The monoisotopic (exact) mass is 778 g/mol. The predicted octanol–water partition coefficient (Wildman–Crippen LogP) is 13.6. The van der Waals surface area contributed by atoms with E-state index >= 15 is 0 Å². The lowest BCUT2D eigenvalue weighted by Gasteiger charge is -2.14. The van der Waals surface area contributed by atoms with E-state index in [2.05, 4.69) is 162 Å². The van der Waals surface area contributed by atoms with Crippen LogP contribution in [0.4, 0.5) is 0 Å². The van der Waals surface area contributed by atoms with E-state index < -0.39 is 0 Å². The molecule has 0 radical (unpaired) electrons. The van der Waals surface area contributed by atoms with Crippen molar-refractivity contribution in [2.75, 3.05) is 0 Å². The van der Waals surface area contributed by atoms with E-state index in [1.807, 2.05) is 36.4 Å². The van der Waals surface area contributed by atoms with Gasteiger partial charge in [0.25, 0.3) is 0 Å². The summed E-state index contributed by atoms with van der Waals surface area (Å²) in [5.74, 6) is 1.90. The van der Waals surface area contributed by atoms with Crippen LogP contribution in [-0.4, -0.2) is 29.5 Å². The molecule has 0 amide bonds. The highest BCUT2D eigenvalue weighted by Crippen LogP contribution is 2.42. The SMILES string of the molecule is c1ccc(-c2ccc(-c3nc(-c4ccccc4)nc(-c4ccc(-c5ccc(-n6c7ccccc7c7ccc8c9nccnc9c9ccccc9c8c76)cc5)cc4)n3)cc2)cc1. The van der Waals surface area contributed by atoms with Gasteiger partial charge in [0, 0.05) is 61.7 Å². The van der Waals surface area contributed by atoms with Crippen LogP contribution in [0.5, 0.6) is 0 Å². The highest BCUT2D eigenvalue weighted by Gasteiger charge is 2.20. The van der Waals surface area contributed by atoms with Crippen LogP contribution in [0.1, 0.15) is 0 Å². The Bertz CT molecular complexity index is 3560. The van der Waals surface area contributed by atoms with Crippen LogP contribution in [0.25, 0.3) is 116 Å². The molecule has 12 aromatic rings. The van der Waals surface area contributed by atoms with E-state index in [1.54, 1.807) is 12.4 Å². The van der Waals surface area contributed by atoms with Crippen molar-refractivity contribution in [2.24, 2.45) is 0 Å². The van der Waals surface area contributed by atoms with E-state index in [1.165, 1.54) is 32.6 Å². The fraction of sp³-hybridized carbons (Fsp3) is 0. The Balaban J connectivity index is 0.935. The van der Waals surface area contributed by atoms with Gasteiger partial charge in [-0.1, -0.05) is 176 Å². The molecule has 0 atom stereocenters. The van der Waals surface area contributed by atoms with Crippen LogP contribution in [0.2, 0.25) is 0 Å². The fourth-order valence-electron chi connectivity index (χ4n) is 8.84. The lowest BCUT2D eigenvalue weighted by Crippen LogP contribution is -2.00. The summed E-state index contributed by atoms with van der Waals surface area (Å²) in [4.78, 5) is 24.6. The van der Waals surface area contributed by atoms with Gasteiger partial charge in [-0.25, -0.2) is 15.0 Å². The summed E-state index contributed by atoms with van der Waals surface area (Å²) < 4.78 is 2.41. The normalized spacial score (nSPS) is 11.6. The zero-order chi connectivity index (χ0) is 40.3. The molecule has 0 saturated carbocycles. The molecule has 3 heterocycles. The first-order chi connectivity index (χ1) is 30.2. The molecule has 0 bridgehead atoms. The van der Waals surface area contributed by atoms with E-state index in [9.17, 15) is 0 Å². The Kier molecular flexibility index (Phi) is 8.06. The third kappa shape index (κ3) is 5.84. The zero-order valence-corrected chi connectivity index (χ0v) is 32.8. The van der Waals surface area contributed by atoms with Crippen molar-refractivity contribution in [1.29, 1.82) is 0 Å². The lowest BCUT2D eigenvalue weighted by molar-refractivity contribution is 1.07. The smallest absolute Gasteiger partial charge is 0.164 e. The van der Waals surface area contributed by atoms with Crippen molar-refractivity contribution in [1.82, 2.24) is 29.5 Å². The van der Waals surface area contributed by atoms with Crippen molar-refractivity contribution in [3.05, 3.63) is 207 Å². The molecule has 0 spiro atoms. The Morgan fingerprint density at radius 1 is 0.295 bits per heavy atom. The third-order valence-corrected chi connectivity index (χ3v) is 11.8. The Labute approximate surface area is 351 Å². The maximum Gasteiger partial charge on any atom is 0.164 e. The van der Waals surface area contributed by atoms with Gasteiger partial charge in [0.15, 0.2) is 17.5 Å². The quantitative estimate of drug-likeness (QED) is 0.157. The molecule has 12 rings (SSSR count). The summed E-state index contributed by atoms with van der Waals surface area (Å²) in [6, 6.07) is 68.0. The fourth-order valence-corrected chi connectivity index (χ4v) is 8.84. The summed E-state index contributed by atoms with van der Waals surface area (Å²) in [6.07, 6.45) is 3.57. The Morgan fingerprint density at radius 2 is 0.705 bits per heavy atom. The van der Waals surface area contributed by atoms with Crippen LogP contribution >= 0.6 is 0 Å². The molecule has 3 aromatic heterocycles. The number of aromatic nitrogens is 6. The van der Waals surface area contributed by atoms with Gasteiger partial charge in [-0.2, -0.15) is 0 Å². The first kappa shape index (κ1) is 34.7. The van der Waals surface area contributed by atoms with E-state index in [0.29, 0.717) is 17.5 Å². The van der Waals surface area contributed by atoms with Crippen molar-refractivity contribution < 1.29 is 0 Å². The van der Waals surface area contributed by atoms with Gasteiger partial charge in [-0.3, -0.25) is 9.97 Å². The van der Waals surface area contributed by atoms with Gasteiger partial charge in [-0.15, -0.1) is 0 Å². The molecule has 61 heavy (non-hydrogen) atoms. The number of hydrogen-bond acceptors (Lipinski definition) is 5. The number of fused-ring (bicyclic) bond motifs is 10. The second kappa shape index (κ2) is 14.2. The Hall–Kier alpha value is -8.35. The van der Waals surface area contributed by atoms with Crippen molar-refractivity contribution in [3.8, 4) is 62.1 Å². The zero-order valence-electron chi connectivity index (χ0n) is 32.8. The predicted molar refractivity (Wildman–Crippen MR) is 249 cm³/mol. The molecule has 0 aliphatic heterocycles. The molecular formula is C55H34N6. The summed E-state index contributed by atoms with van der Waals surface area (Å²) in [5, 5.41) is 6.96. The van der Waals surface area contributed by atoms with E-state index in [0.717, 1.165) is 66.4 Å². The number of para-hydroxylation sites is 1. The molecule has 0 aliphatic carbocycles. The standard InChI is InChI=1S/C55H34N6/c1-3-11-35(12-4-1)36-19-23-40(24-20-36)54-58-53(39-13-5-2-6-14-39)59-55(60-54)41-25-21-37(22-26-41)38-27-29-42(30-28-38)61-48-18-10-9-15-43(48)46-31-32-47-49(52(46)61)44-16-7-8-17-45(44)50-51(47)57-34-33-56-50/h1-34H. The second-order valence-corrected chi connectivity index (χ2v) is 15.3. The first-order valence-electron chi connectivity index (χ1n) is 20.4. The van der Waals surface area contributed by atoms with Crippen LogP contribution in [0.15, 0.2) is 207 Å². The van der Waals surface area contributed by atoms with Crippen molar-refractivity contribution in [3.63, 3.8) is 0 Å². The largest absolute Gasteiger partial charge is 0.309 e. The number of benzene rings is 9. The molecule has 0 N–H and O–H groups in total. The van der Waals surface area contributed by atoms with Gasteiger partial charge in [0.2, 0.25) is 0 Å². The van der Waals surface area contributed by atoms with Gasteiger partial charge >= 0.3 is 0 Å². The molecule has 0 fully saturated rings. The summed E-state index contributed by atoms with van der Waals surface area (Å²) in [5.41, 5.74) is 12.6. The molecule has 0 unspecified atom stereocenters. The summed E-state index contributed by atoms with van der Waals surface area (Å²) in [7, 11) is 0. The van der Waals surface area contributed by atoms with Gasteiger partial charge in [-0.05, 0) is 45.8 Å². The van der Waals surface area contributed by atoms with E-state index in [-0.39, 0.29) is 0 Å². The van der Waals surface area contributed by atoms with Gasteiger partial charge in [0.1, 0.15) is 0 Å². The second-order valence-electron chi connectivity index (χ2n) is 15.3. The van der Waals surface area contributed by atoms with Crippen LogP contribution in [0.3, 0.4) is 0 Å². The number of hydrogen-bond donors (Lipinski definition) is 0. The number of nitrogens with zero attached hydrogens (tertiary/aromatic N) is 6. The topological polar surface area (TPSA) is 69.4 Å². The lowest BCUT2D eigenvalue weighted by atomic mass is 9.97. The Morgan fingerprint density at radius 3 is 1.30 bits per heavy atom. The third-order valence-electron chi connectivity index (χ3n) is 11.8. The van der Waals surface area contributed by atoms with Crippen LogP contribution < -0.4 is 0 Å². The van der Waals surface area contributed by atoms with E-state index in [4.69, 9.17) is 24.9 Å². The molecule has 284 valence electrons. The van der Waals surface area contributed by atoms with Crippen LogP contribution in [-0.2, 0) is 0 Å². The highest BCUT2D eigenvalue weighted by atomic mass is 15.0.